The topological polar surface area (TPSA) is 55.4 Å². The average Bonchev–Trinajstić information content (AvgIpc) is 2.53. The molecule has 2 unspecified atom stereocenters. The van der Waals surface area contributed by atoms with Crippen LogP contribution in [0.4, 0.5) is 0 Å². The van der Waals surface area contributed by atoms with E-state index in [2.05, 4.69) is 12.2 Å². The van der Waals surface area contributed by atoms with Crippen LogP contribution in [0.25, 0.3) is 0 Å². The van der Waals surface area contributed by atoms with E-state index in [4.69, 9.17) is 4.74 Å². The van der Waals surface area contributed by atoms with Gasteiger partial charge in [0, 0.05) is 6.04 Å². The summed E-state index contributed by atoms with van der Waals surface area (Å²) in [5.74, 6) is 0.679. The van der Waals surface area contributed by atoms with Crippen molar-refractivity contribution in [3.8, 4) is 5.75 Å². The van der Waals surface area contributed by atoms with E-state index in [0.29, 0.717) is 10.6 Å². The van der Waals surface area contributed by atoms with Gasteiger partial charge in [0.05, 0.1) is 17.3 Å². The number of ether oxygens (including phenoxy) is 1. The second-order valence-electron chi connectivity index (χ2n) is 5.60. The smallest absolute Gasteiger partial charge is 0.182 e. The van der Waals surface area contributed by atoms with Crippen LogP contribution >= 0.6 is 0 Å². The van der Waals surface area contributed by atoms with Crippen molar-refractivity contribution in [1.82, 2.24) is 5.32 Å². The Labute approximate surface area is 127 Å². The minimum Gasteiger partial charge on any atom is -0.497 e. The van der Waals surface area contributed by atoms with Gasteiger partial charge >= 0.3 is 0 Å². The lowest BCUT2D eigenvalue weighted by Gasteiger charge is -2.32. The molecule has 0 aliphatic heterocycles. The maximum absolute atomic E-state index is 12.9. The number of nitrogens with one attached hydrogen (secondary N) is 1. The quantitative estimate of drug-likeness (QED) is 0.877. The van der Waals surface area contributed by atoms with Gasteiger partial charge in [-0.2, -0.15) is 0 Å². The third kappa shape index (κ3) is 3.77. The lowest BCUT2D eigenvalue weighted by atomic mass is 9.95. The first-order chi connectivity index (χ1) is 10.1. The number of rotatable bonds is 6. The van der Waals surface area contributed by atoms with Crippen molar-refractivity contribution in [1.29, 1.82) is 0 Å². The number of benzene rings is 1. The number of hydrogen-bond donors (Lipinski definition) is 1. The third-order valence-corrected chi connectivity index (χ3v) is 6.44. The minimum absolute atomic E-state index is 0.0748. The van der Waals surface area contributed by atoms with Crippen molar-refractivity contribution in [2.24, 2.45) is 0 Å². The molecular formula is C16H25NO3S. The largest absolute Gasteiger partial charge is 0.497 e. The van der Waals surface area contributed by atoms with Crippen LogP contribution < -0.4 is 10.1 Å². The minimum atomic E-state index is -3.28. The Kier molecular flexibility index (Phi) is 5.65. The highest BCUT2D eigenvalue weighted by atomic mass is 32.2. The van der Waals surface area contributed by atoms with Gasteiger partial charge in [0.25, 0.3) is 0 Å². The third-order valence-electron chi connectivity index (χ3n) is 4.15. The molecule has 2 rings (SSSR count). The molecule has 1 N–H and O–H groups in total. The maximum atomic E-state index is 12.9. The number of sulfone groups is 1. The summed E-state index contributed by atoms with van der Waals surface area (Å²) >= 11 is 0. The van der Waals surface area contributed by atoms with Crippen LogP contribution in [0.1, 0.15) is 39.0 Å². The second-order valence-corrected chi connectivity index (χ2v) is 7.77. The molecule has 0 bridgehead atoms. The Bertz CT molecular complexity index is 539. The fraction of sp³-hybridized carbons (Fsp3) is 0.625. The number of methoxy groups -OCH3 is 1. The zero-order valence-electron chi connectivity index (χ0n) is 12.8. The van der Waals surface area contributed by atoms with Gasteiger partial charge in [-0.05, 0) is 50.1 Å². The van der Waals surface area contributed by atoms with Gasteiger partial charge in [-0.25, -0.2) is 8.42 Å². The second kappa shape index (κ2) is 7.27. The van der Waals surface area contributed by atoms with Crippen molar-refractivity contribution in [3.05, 3.63) is 24.3 Å². The molecule has 5 heteroatoms. The fourth-order valence-electron chi connectivity index (χ4n) is 2.97. The highest BCUT2D eigenvalue weighted by molar-refractivity contribution is 7.92. The van der Waals surface area contributed by atoms with Crippen LogP contribution in [-0.2, 0) is 9.84 Å². The molecule has 1 aromatic rings. The van der Waals surface area contributed by atoms with Gasteiger partial charge in [-0.3, -0.25) is 0 Å². The monoisotopic (exact) mass is 311 g/mol. The Morgan fingerprint density at radius 2 is 1.86 bits per heavy atom. The maximum Gasteiger partial charge on any atom is 0.182 e. The standard InChI is InChI=1S/C16H25NO3S/c1-3-12-17-15-6-4-5-7-16(15)21(18,19)14-10-8-13(20-2)9-11-14/h8-11,15-17H,3-7,12H2,1-2H3. The van der Waals surface area contributed by atoms with E-state index in [1.165, 1.54) is 0 Å². The summed E-state index contributed by atoms with van der Waals surface area (Å²) in [7, 11) is -1.71. The van der Waals surface area contributed by atoms with Gasteiger partial charge < -0.3 is 10.1 Å². The summed E-state index contributed by atoms with van der Waals surface area (Å²) in [6, 6.07) is 6.80. The molecule has 1 aliphatic rings. The summed E-state index contributed by atoms with van der Waals surface area (Å²) in [5, 5.41) is 3.10. The molecule has 4 nitrogen and oxygen atoms in total. The Balaban J connectivity index is 2.22. The van der Waals surface area contributed by atoms with Crippen LogP contribution in [0.5, 0.6) is 5.75 Å². The van der Waals surface area contributed by atoms with E-state index in [-0.39, 0.29) is 11.3 Å². The molecule has 0 heterocycles. The van der Waals surface area contributed by atoms with E-state index in [9.17, 15) is 8.42 Å². The lowest BCUT2D eigenvalue weighted by molar-refractivity contribution is 0.371. The normalized spacial score (nSPS) is 23.0. The van der Waals surface area contributed by atoms with Gasteiger partial charge in [0.2, 0.25) is 0 Å². The van der Waals surface area contributed by atoms with Crippen LogP contribution in [0.15, 0.2) is 29.2 Å². The summed E-state index contributed by atoms with van der Waals surface area (Å²) in [4.78, 5) is 0.401. The first-order valence-electron chi connectivity index (χ1n) is 7.71. The Morgan fingerprint density at radius 1 is 1.19 bits per heavy atom. The molecule has 118 valence electrons. The van der Waals surface area contributed by atoms with Crippen molar-refractivity contribution < 1.29 is 13.2 Å². The first kappa shape index (κ1) is 16.3. The van der Waals surface area contributed by atoms with Crippen molar-refractivity contribution >= 4 is 9.84 Å². The summed E-state index contributed by atoms with van der Waals surface area (Å²) < 4.78 is 30.9. The van der Waals surface area contributed by atoms with Gasteiger partial charge in [-0.15, -0.1) is 0 Å². The van der Waals surface area contributed by atoms with Crippen molar-refractivity contribution in [2.45, 2.75) is 55.2 Å². The highest BCUT2D eigenvalue weighted by Gasteiger charge is 2.36. The molecule has 2 atom stereocenters. The molecule has 0 saturated heterocycles. The van der Waals surface area contributed by atoms with Gasteiger partial charge in [0.1, 0.15) is 5.75 Å². The predicted octanol–water partition coefficient (Wildman–Crippen LogP) is 2.78. The Morgan fingerprint density at radius 3 is 2.48 bits per heavy atom. The SMILES string of the molecule is CCCNC1CCCCC1S(=O)(=O)c1ccc(OC)cc1. The van der Waals surface area contributed by atoms with Crippen LogP contribution in [0, 0.1) is 0 Å². The predicted molar refractivity (Wildman–Crippen MR) is 84.5 cm³/mol. The van der Waals surface area contributed by atoms with Crippen molar-refractivity contribution in [3.63, 3.8) is 0 Å². The van der Waals surface area contributed by atoms with Crippen LogP contribution in [0.2, 0.25) is 0 Å². The summed E-state index contributed by atoms with van der Waals surface area (Å²) in [6.45, 7) is 2.97. The molecular weight excluding hydrogens is 286 g/mol. The molecule has 21 heavy (non-hydrogen) atoms. The summed E-state index contributed by atoms with van der Waals surface area (Å²) in [6.07, 6.45) is 4.81. The molecule has 0 spiro atoms. The molecule has 0 amide bonds. The van der Waals surface area contributed by atoms with Gasteiger partial charge in [-0.1, -0.05) is 19.8 Å². The van der Waals surface area contributed by atoms with Gasteiger partial charge in [0.15, 0.2) is 9.84 Å². The molecule has 0 aromatic heterocycles. The van der Waals surface area contributed by atoms with Crippen LogP contribution in [-0.4, -0.2) is 33.4 Å². The zero-order chi connectivity index (χ0) is 15.3. The lowest BCUT2D eigenvalue weighted by Crippen LogP contribution is -2.46. The Hall–Kier alpha value is -1.07. The zero-order valence-corrected chi connectivity index (χ0v) is 13.7. The van der Waals surface area contributed by atoms with E-state index in [0.717, 1.165) is 38.6 Å². The number of hydrogen-bond acceptors (Lipinski definition) is 4. The van der Waals surface area contributed by atoms with Crippen LogP contribution in [0.3, 0.4) is 0 Å². The molecule has 1 fully saturated rings. The summed E-state index contributed by atoms with van der Waals surface area (Å²) in [5.41, 5.74) is 0. The first-order valence-corrected chi connectivity index (χ1v) is 9.25. The molecule has 1 saturated carbocycles. The average molecular weight is 311 g/mol. The highest BCUT2D eigenvalue weighted by Crippen LogP contribution is 2.29. The van der Waals surface area contributed by atoms with E-state index >= 15 is 0 Å². The molecule has 0 radical (unpaired) electrons. The fourth-order valence-corrected chi connectivity index (χ4v) is 4.98. The van der Waals surface area contributed by atoms with E-state index in [1.54, 1.807) is 31.4 Å². The van der Waals surface area contributed by atoms with E-state index < -0.39 is 9.84 Å². The molecule has 1 aromatic carbocycles. The van der Waals surface area contributed by atoms with Crippen molar-refractivity contribution in [2.75, 3.05) is 13.7 Å². The molecule has 1 aliphatic carbocycles. The van der Waals surface area contributed by atoms with E-state index in [1.807, 2.05) is 0 Å².